The number of imidazole rings is 1. The third kappa shape index (κ3) is 3.06. The number of carbonyl (C=O) groups excluding carboxylic acids is 1. The molecule has 3 nitrogen and oxygen atoms in total. The van der Waals surface area contributed by atoms with Crippen LogP contribution in [0.25, 0.3) is 11.0 Å². The molecular weight excluding hydrogens is 354 g/mol. The largest absolute Gasteiger partial charge is 1.00 e. The highest BCUT2D eigenvalue weighted by atomic mass is 79.9. The lowest BCUT2D eigenvalue weighted by Crippen LogP contribution is -3.00. The van der Waals surface area contributed by atoms with Crippen LogP contribution in [0.3, 0.4) is 0 Å². The summed E-state index contributed by atoms with van der Waals surface area (Å²) in [6.45, 7) is -2.60. The molecule has 0 unspecified atom stereocenters. The quantitative estimate of drug-likeness (QED) is 0.478. The van der Waals surface area contributed by atoms with Gasteiger partial charge in [0.2, 0.25) is 12.1 Å². The molecule has 0 atom stereocenters. The normalized spacial score (nSPS) is 10.7. The third-order valence-corrected chi connectivity index (χ3v) is 3.35. The molecule has 2 aromatic carbocycles. The maximum atomic E-state index is 13.0. The SMILES string of the molecule is O=C(C[n+]1cn(C(F)F)c2ccccc21)c1ccccc1.[Br-]. The summed E-state index contributed by atoms with van der Waals surface area (Å²) in [5.74, 6) is -0.113. The van der Waals surface area contributed by atoms with Crippen LogP contribution in [0.1, 0.15) is 16.9 Å². The van der Waals surface area contributed by atoms with Gasteiger partial charge in [-0.15, -0.1) is 0 Å². The van der Waals surface area contributed by atoms with Crippen molar-refractivity contribution in [1.82, 2.24) is 4.57 Å². The summed E-state index contributed by atoms with van der Waals surface area (Å²) >= 11 is 0. The van der Waals surface area contributed by atoms with Crippen LogP contribution in [0, 0.1) is 0 Å². The van der Waals surface area contributed by atoms with Crippen LogP contribution in [0.4, 0.5) is 8.78 Å². The van der Waals surface area contributed by atoms with Crippen LogP contribution < -0.4 is 21.5 Å². The van der Waals surface area contributed by atoms with Gasteiger partial charge in [0.05, 0.1) is 0 Å². The second-order valence-electron chi connectivity index (χ2n) is 4.71. The van der Waals surface area contributed by atoms with Crippen molar-refractivity contribution in [2.45, 2.75) is 13.1 Å². The topological polar surface area (TPSA) is 25.9 Å². The lowest BCUT2D eigenvalue weighted by molar-refractivity contribution is -0.658. The number of hydrogen-bond donors (Lipinski definition) is 0. The van der Waals surface area contributed by atoms with E-state index in [1.54, 1.807) is 53.1 Å². The molecule has 114 valence electrons. The molecule has 1 heterocycles. The Morgan fingerprint density at radius 2 is 1.68 bits per heavy atom. The van der Waals surface area contributed by atoms with Gasteiger partial charge in [0.1, 0.15) is 0 Å². The Bertz CT molecular complexity index is 787. The van der Waals surface area contributed by atoms with Gasteiger partial charge in [-0.05, 0) is 12.1 Å². The Morgan fingerprint density at radius 1 is 1.05 bits per heavy atom. The van der Waals surface area contributed by atoms with Crippen molar-refractivity contribution >= 4 is 16.8 Å². The molecule has 22 heavy (non-hydrogen) atoms. The second-order valence-corrected chi connectivity index (χ2v) is 4.71. The van der Waals surface area contributed by atoms with Crippen LogP contribution in [0.5, 0.6) is 0 Å². The van der Waals surface area contributed by atoms with Gasteiger partial charge in [0, 0.05) is 5.56 Å². The van der Waals surface area contributed by atoms with E-state index in [2.05, 4.69) is 0 Å². The van der Waals surface area contributed by atoms with Crippen LogP contribution in [0.2, 0.25) is 0 Å². The molecular formula is C16H13BrF2N2O. The van der Waals surface area contributed by atoms with E-state index >= 15 is 0 Å². The average molecular weight is 367 g/mol. The molecule has 0 spiro atoms. The van der Waals surface area contributed by atoms with Gasteiger partial charge in [0.15, 0.2) is 17.6 Å². The van der Waals surface area contributed by atoms with Gasteiger partial charge >= 0.3 is 6.55 Å². The van der Waals surface area contributed by atoms with Gasteiger partial charge in [0.25, 0.3) is 0 Å². The highest BCUT2D eigenvalue weighted by molar-refractivity contribution is 5.95. The van der Waals surface area contributed by atoms with Gasteiger partial charge in [-0.25, -0.2) is 4.57 Å². The molecule has 1 aromatic heterocycles. The minimum Gasteiger partial charge on any atom is -1.00 e. The summed E-state index contributed by atoms with van der Waals surface area (Å²) < 4.78 is 28.5. The number of halogens is 3. The number of hydrogen-bond acceptors (Lipinski definition) is 1. The third-order valence-electron chi connectivity index (χ3n) is 3.35. The maximum Gasteiger partial charge on any atom is 0.387 e. The summed E-state index contributed by atoms with van der Waals surface area (Å²) in [6.07, 6.45) is 1.29. The number of carbonyl (C=O) groups is 1. The molecule has 6 heteroatoms. The van der Waals surface area contributed by atoms with E-state index < -0.39 is 6.55 Å². The Balaban J connectivity index is 0.00000176. The highest BCUT2D eigenvalue weighted by Crippen LogP contribution is 2.18. The van der Waals surface area contributed by atoms with Crippen LogP contribution >= 0.6 is 0 Å². The van der Waals surface area contributed by atoms with Crippen LogP contribution in [-0.4, -0.2) is 10.4 Å². The van der Waals surface area contributed by atoms with E-state index in [4.69, 9.17) is 0 Å². The monoisotopic (exact) mass is 366 g/mol. The van der Waals surface area contributed by atoms with Gasteiger partial charge < -0.3 is 17.0 Å². The van der Waals surface area contributed by atoms with Crippen molar-refractivity contribution in [2.75, 3.05) is 0 Å². The molecule has 0 N–H and O–H groups in total. The molecule has 0 aliphatic carbocycles. The number of Topliss-reactive ketones (excluding diaryl/α,β-unsaturated/α-hetero) is 1. The minimum atomic E-state index is -2.64. The van der Waals surface area contributed by atoms with E-state index in [9.17, 15) is 13.6 Å². The van der Waals surface area contributed by atoms with Crippen molar-refractivity contribution in [2.24, 2.45) is 0 Å². The van der Waals surface area contributed by atoms with E-state index in [1.165, 1.54) is 6.33 Å². The number of para-hydroxylation sites is 2. The number of alkyl halides is 2. The fraction of sp³-hybridized carbons (Fsp3) is 0.125. The van der Waals surface area contributed by atoms with Crippen molar-refractivity contribution in [3.8, 4) is 0 Å². The lowest BCUT2D eigenvalue weighted by atomic mass is 10.1. The standard InChI is InChI=1S/C16H13F2N2O.BrH/c17-16(18)20-11-19(13-8-4-5-9-14(13)20)10-15(21)12-6-2-1-3-7-12;/h1-9,11,16H,10H2;1H/q+1;/p-1. The van der Waals surface area contributed by atoms with Crippen LogP contribution in [-0.2, 0) is 6.54 Å². The van der Waals surface area contributed by atoms with Crippen molar-refractivity contribution in [1.29, 1.82) is 0 Å². The second kappa shape index (κ2) is 6.79. The molecule has 0 aliphatic heterocycles. The molecule has 0 aliphatic rings. The molecule has 0 fully saturated rings. The zero-order valence-electron chi connectivity index (χ0n) is 11.5. The van der Waals surface area contributed by atoms with E-state index in [0.717, 1.165) is 4.57 Å². The van der Waals surface area contributed by atoms with Crippen molar-refractivity contribution in [3.63, 3.8) is 0 Å². The number of nitrogens with zero attached hydrogens (tertiary/aromatic N) is 2. The predicted molar refractivity (Wildman–Crippen MR) is 74.2 cm³/mol. The Hall–Kier alpha value is -2.08. The van der Waals surface area contributed by atoms with Gasteiger partial charge in [-0.3, -0.25) is 4.79 Å². The van der Waals surface area contributed by atoms with Crippen LogP contribution in [0.15, 0.2) is 60.9 Å². The smallest absolute Gasteiger partial charge is 0.387 e. The molecule has 0 saturated carbocycles. The highest BCUT2D eigenvalue weighted by Gasteiger charge is 2.23. The Kier molecular flexibility index (Phi) is 5.03. The summed E-state index contributed by atoms with van der Waals surface area (Å²) in [4.78, 5) is 12.2. The fourth-order valence-corrected chi connectivity index (χ4v) is 2.35. The molecule has 0 saturated heterocycles. The summed E-state index contributed by atoms with van der Waals surface area (Å²) in [5, 5.41) is 0. The Morgan fingerprint density at radius 3 is 2.36 bits per heavy atom. The first-order chi connectivity index (χ1) is 10.2. The molecule has 0 amide bonds. The number of benzene rings is 2. The van der Waals surface area contributed by atoms with E-state index in [0.29, 0.717) is 16.6 Å². The number of rotatable bonds is 4. The molecule has 0 radical (unpaired) electrons. The first-order valence-corrected chi connectivity index (χ1v) is 6.52. The zero-order chi connectivity index (χ0) is 14.8. The predicted octanol–water partition coefficient (Wildman–Crippen LogP) is 0.211. The molecule has 3 rings (SSSR count). The summed E-state index contributed by atoms with van der Waals surface area (Å²) in [5.41, 5.74) is 1.59. The summed E-state index contributed by atoms with van der Waals surface area (Å²) in [6, 6.07) is 15.6. The van der Waals surface area contributed by atoms with E-state index in [1.807, 2.05) is 6.07 Å². The molecule has 3 aromatic rings. The lowest BCUT2D eigenvalue weighted by Gasteiger charge is -1.98. The number of ketones is 1. The first-order valence-electron chi connectivity index (χ1n) is 6.52. The zero-order valence-corrected chi connectivity index (χ0v) is 13.1. The maximum absolute atomic E-state index is 13.0. The minimum absolute atomic E-state index is 0. The fourth-order valence-electron chi connectivity index (χ4n) is 2.35. The summed E-state index contributed by atoms with van der Waals surface area (Å²) in [7, 11) is 0. The first kappa shape index (κ1) is 16.3. The van der Waals surface area contributed by atoms with E-state index in [-0.39, 0.29) is 29.3 Å². The average Bonchev–Trinajstić information content (AvgIpc) is 2.87. The number of fused-ring (bicyclic) bond motifs is 1. The van der Waals surface area contributed by atoms with Gasteiger partial charge in [-0.2, -0.15) is 13.3 Å². The van der Waals surface area contributed by atoms with Gasteiger partial charge in [-0.1, -0.05) is 42.5 Å². The Labute approximate surface area is 136 Å². The van der Waals surface area contributed by atoms with Crippen molar-refractivity contribution < 1.29 is 35.1 Å². The number of aromatic nitrogens is 2. The van der Waals surface area contributed by atoms with Crippen molar-refractivity contribution in [3.05, 3.63) is 66.5 Å². The molecule has 0 bridgehead atoms.